The van der Waals surface area contributed by atoms with E-state index in [1.807, 2.05) is 18.2 Å². The van der Waals surface area contributed by atoms with E-state index in [2.05, 4.69) is 23.8 Å². The van der Waals surface area contributed by atoms with Crippen molar-refractivity contribution in [1.29, 1.82) is 0 Å². The average molecular weight is 295 g/mol. The van der Waals surface area contributed by atoms with Crippen molar-refractivity contribution in [3.63, 3.8) is 0 Å². The topological polar surface area (TPSA) is 43.8 Å². The minimum Gasteiger partial charge on any atom is -0.478 e. The van der Waals surface area contributed by atoms with Crippen molar-refractivity contribution in [1.82, 2.24) is 4.90 Å². The minimum atomic E-state index is -0.956. The van der Waals surface area contributed by atoms with Crippen molar-refractivity contribution in [2.75, 3.05) is 31.6 Å². The molecule has 1 aromatic rings. The summed E-state index contributed by atoms with van der Waals surface area (Å²) in [7, 11) is 2.11. The highest BCUT2D eigenvalue weighted by Crippen LogP contribution is 2.32. The summed E-state index contributed by atoms with van der Waals surface area (Å²) in [6, 6.07) is 6.02. The summed E-state index contributed by atoms with van der Waals surface area (Å²) < 4.78 is 0. The van der Waals surface area contributed by atoms with Crippen molar-refractivity contribution in [2.45, 2.75) is 13.0 Å². The maximum Gasteiger partial charge on any atom is 0.328 e. The van der Waals surface area contributed by atoms with Crippen LogP contribution in [-0.2, 0) is 4.79 Å². The Morgan fingerprint density at radius 1 is 1.45 bits per heavy atom. The number of benzene rings is 1. The largest absolute Gasteiger partial charge is 0.478 e. The summed E-state index contributed by atoms with van der Waals surface area (Å²) in [5.74, 6) is -0.956. The molecule has 1 unspecified atom stereocenters. The van der Waals surface area contributed by atoms with E-state index in [1.54, 1.807) is 6.08 Å². The van der Waals surface area contributed by atoms with Gasteiger partial charge in [-0.05, 0) is 31.7 Å². The summed E-state index contributed by atoms with van der Waals surface area (Å²) in [4.78, 5) is 15.2. The fourth-order valence-electron chi connectivity index (χ4n) is 2.41. The predicted octanol–water partition coefficient (Wildman–Crippen LogP) is 2.58. The second kappa shape index (κ2) is 6.29. The number of para-hydroxylation sites is 1. The molecule has 1 heterocycles. The number of carboxylic acids is 1. The van der Waals surface area contributed by atoms with Gasteiger partial charge in [-0.15, -0.1) is 0 Å². The summed E-state index contributed by atoms with van der Waals surface area (Å²) in [6.45, 7) is 4.91. The van der Waals surface area contributed by atoms with Crippen LogP contribution in [0.25, 0.3) is 6.08 Å². The first-order chi connectivity index (χ1) is 9.49. The van der Waals surface area contributed by atoms with Crippen LogP contribution < -0.4 is 4.90 Å². The normalized spacial score (nSPS) is 20.6. The second-order valence-corrected chi connectivity index (χ2v) is 5.53. The van der Waals surface area contributed by atoms with E-state index in [1.165, 1.54) is 0 Å². The number of carbonyl (C=O) groups is 1. The zero-order valence-electron chi connectivity index (χ0n) is 11.7. The Bertz CT molecular complexity index is 531. The summed E-state index contributed by atoms with van der Waals surface area (Å²) in [5, 5.41) is 9.44. The van der Waals surface area contributed by atoms with Crippen LogP contribution in [0.3, 0.4) is 0 Å². The Balaban J connectivity index is 2.32. The van der Waals surface area contributed by atoms with Gasteiger partial charge in [0.2, 0.25) is 0 Å². The average Bonchev–Trinajstić information content (AvgIpc) is 2.40. The molecule has 0 spiro atoms. The van der Waals surface area contributed by atoms with Crippen molar-refractivity contribution >= 4 is 29.3 Å². The highest BCUT2D eigenvalue weighted by Gasteiger charge is 2.23. The molecule has 5 heteroatoms. The van der Waals surface area contributed by atoms with Gasteiger partial charge in [0.05, 0.1) is 10.7 Å². The lowest BCUT2D eigenvalue weighted by atomic mass is 10.1. The molecule has 1 atom stereocenters. The lowest BCUT2D eigenvalue weighted by Crippen LogP contribution is -2.50. The number of carboxylic acid groups (broad SMARTS) is 1. The van der Waals surface area contributed by atoms with E-state index >= 15 is 0 Å². The van der Waals surface area contributed by atoms with Gasteiger partial charge in [0.15, 0.2) is 0 Å². The maximum absolute atomic E-state index is 10.7. The molecule has 0 aromatic heterocycles. The summed E-state index contributed by atoms with van der Waals surface area (Å²) in [5.41, 5.74) is 1.77. The van der Waals surface area contributed by atoms with Crippen molar-refractivity contribution in [3.05, 3.63) is 34.9 Å². The smallest absolute Gasteiger partial charge is 0.328 e. The predicted molar refractivity (Wildman–Crippen MR) is 82.4 cm³/mol. The third-order valence-electron chi connectivity index (χ3n) is 3.70. The Morgan fingerprint density at radius 2 is 2.20 bits per heavy atom. The molecule has 1 aliphatic rings. The number of hydrogen-bond acceptors (Lipinski definition) is 3. The quantitative estimate of drug-likeness (QED) is 0.870. The number of likely N-dealkylation sites (N-methyl/N-ethyl adjacent to an activating group) is 1. The number of anilines is 1. The molecule has 0 amide bonds. The molecule has 4 nitrogen and oxygen atoms in total. The SMILES string of the molecule is CC1CN(c2c(Cl)cccc2/C=C/C(=O)O)CCN1C. The van der Waals surface area contributed by atoms with Gasteiger partial charge in [0, 0.05) is 31.8 Å². The van der Waals surface area contributed by atoms with Gasteiger partial charge in [0.25, 0.3) is 0 Å². The van der Waals surface area contributed by atoms with Gasteiger partial charge >= 0.3 is 5.97 Å². The summed E-state index contributed by atoms with van der Waals surface area (Å²) >= 11 is 6.33. The van der Waals surface area contributed by atoms with E-state index in [4.69, 9.17) is 16.7 Å². The molecule has 1 N–H and O–H groups in total. The molecule has 2 rings (SSSR count). The highest BCUT2D eigenvalue weighted by molar-refractivity contribution is 6.33. The van der Waals surface area contributed by atoms with Crippen LogP contribution in [-0.4, -0.2) is 48.7 Å². The molecule has 0 radical (unpaired) electrons. The van der Waals surface area contributed by atoms with E-state index < -0.39 is 5.97 Å². The maximum atomic E-state index is 10.7. The number of aliphatic carboxylic acids is 1. The summed E-state index contributed by atoms with van der Waals surface area (Å²) in [6.07, 6.45) is 2.75. The standard InChI is InChI=1S/C15H19ClN2O2/c1-11-10-18(9-8-17(11)2)15-12(6-7-14(19)20)4-3-5-13(15)16/h3-7,11H,8-10H2,1-2H3,(H,19,20)/b7-6+. The third kappa shape index (κ3) is 3.32. The van der Waals surface area contributed by atoms with E-state index in [0.29, 0.717) is 11.1 Å². The lowest BCUT2D eigenvalue weighted by molar-refractivity contribution is -0.131. The number of halogens is 1. The van der Waals surface area contributed by atoms with Gasteiger partial charge < -0.3 is 14.9 Å². The van der Waals surface area contributed by atoms with Crippen molar-refractivity contribution in [3.8, 4) is 0 Å². The fraction of sp³-hybridized carbons (Fsp3) is 0.400. The van der Waals surface area contributed by atoms with Crippen LogP contribution >= 0.6 is 11.6 Å². The van der Waals surface area contributed by atoms with Gasteiger partial charge in [-0.25, -0.2) is 4.79 Å². The lowest BCUT2D eigenvalue weighted by Gasteiger charge is -2.40. The van der Waals surface area contributed by atoms with Crippen LogP contribution in [0.4, 0.5) is 5.69 Å². The van der Waals surface area contributed by atoms with E-state index in [0.717, 1.165) is 37.0 Å². The molecule has 1 saturated heterocycles. The number of rotatable bonds is 3. The Morgan fingerprint density at radius 3 is 2.85 bits per heavy atom. The first-order valence-corrected chi connectivity index (χ1v) is 7.01. The van der Waals surface area contributed by atoms with Crippen molar-refractivity contribution in [2.24, 2.45) is 0 Å². The first kappa shape index (κ1) is 14.9. The minimum absolute atomic E-state index is 0.441. The second-order valence-electron chi connectivity index (χ2n) is 5.12. The van der Waals surface area contributed by atoms with Crippen LogP contribution in [0.2, 0.25) is 5.02 Å². The Hall–Kier alpha value is -1.52. The third-order valence-corrected chi connectivity index (χ3v) is 4.00. The number of piperazine rings is 1. The molecule has 1 aliphatic heterocycles. The fourth-order valence-corrected chi connectivity index (χ4v) is 2.71. The van der Waals surface area contributed by atoms with Gasteiger partial charge in [0.1, 0.15) is 0 Å². The van der Waals surface area contributed by atoms with Crippen LogP contribution in [0.15, 0.2) is 24.3 Å². The van der Waals surface area contributed by atoms with Crippen LogP contribution in [0.5, 0.6) is 0 Å². The first-order valence-electron chi connectivity index (χ1n) is 6.63. The van der Waals surface area contributed by atoms with Crippen LogP contribution in [0, 0.1) is 0 Å². The van der Waals surface area contributed by atoms with Gasteiger partial charge in [-0.2, -0.15) is 0 Å². The molecule has 1 fully saturated rings. The number of nitrogens with zero attached hydrogens (tertiary/aromatic N) is 2. The molecular formula is C15H19ClN2O2. The van der Waals surface area contributed by atoms with Crippen molar-refractivity contribution < 1.29 is 9.90 Å². The van der Waals surface area contributed by atoms with Crippen LogP contribution in [0.1, 0.15) is 12.5 Å². The zero-order valence-corrected chi connectivity index (χ0v) is 12.5. The molecule has 108 valence electrons. The zero-order chi connectivity index (χ0) is 14.7. The highest BCUT2D eigenvalue weighted by atomic mass is 35.5. The Kier molecular flexibility index (Phi) is 4.68. The number of hydrogen-bond donors (Lipinski definition) is 1. The molecule has 0 aliphatic carbocycles. The van der Waals surface area contributed by atoms with E-state index in [9.17, 15) is 4.79 Å². The molecular weight excluding hydrogens is 276 g/mol. The molecule has 0 saturated carbocycles. The molecule has 1 aromatic carbocycles. The monoisotopic (exact) mass is 294 g/mol. The van der Waals surface area contributed by atoms with E-state index in [-0.39, 0.29) is 0 Å². The van der Waals surface area contributed by atoms with Gasteiger partial charge in [-0.1, -0.05) is 23.7 Å². The van der Waals surface area contributed by atoms with Gasteiger partial charge in [-0.3, -0.25) is 0 Å². The Labute approximate surface area is 124 Å². The molecule has 20 heavy (non-hydrogen) atoms. The molecule has 0 bridgehead atoms.